The van der Waals surface area contributed by atoms with Crippen LogP contribution in [0, 0.1) is 22.7 Å². The number of nitrogens with one attached hydrogen (secondary N) is 1. The molecule has 0 heterocycles. The highest BCUT2D eigenvalue weighted by molar-refractivity contribution is 6.00. The van der Waals surface area contributed by atoms with Crippen LogP contribution in [0.2, 0.25) is 0 Å². The molecule has 1 atom stereocenters. The Bertz CT molecular complexity index is 1060. The van der Waals surface area contributed by atoms with E-state index in [0.29, 0.717) is 17.4 Å². The van der Waals surface area contributed by atoms with E-state index in [2.05, 4.69) is 5.32 Å². The number of amides is 2. The molecule has 0 aliphatic rings. The van der Waals surface area contributed by atoms with Gasteiger partial charge in [0, 0.05) is 12.7 Å². The number of hydrogen-bond acceptors (Lipinski definition) is 5. The summed E-state index contributed by atoms with van der Waals surface area (Å²) in [6.07, 6.45) is -4.50. The van der Waals surface area contributed by atoms with Crippen molar-refractivity contribution < 1.29 is 27.5 Å². The zero-order valence-electron chi connectivity index (χ0n) is 16.5. The molecule has 31 heavy (non-hydrogen) atoms. The predicted molar refractivity (Wildman–Crippen MR) is 104 cm³/mol. The maximum absolute atomic E-state index is 13.2. The first-order valence-electron chi connectivity index (χ1n) is 8.79. The highest BCUT2D eigenvalue weighted by atomic mass is 19.4. The molecule has 2 aromatic carbocycles. The number of carbonyl (C=O) groups excluding carboxylic acids is 2. The molecule has 0 saturated carbocycles. The largest absolute Gasteiger partial charge is 0.491 e. The average molecular weight is 430 g/mol. The van der Waals surface area contributed by atoms with Crippen molar-refractivity contribution in [2.45, 2.75) is 18.6 Å². The summed E-state index contributed by atoms with van der Waals surface area (Å²) in [5.74, 6) is -0.419. The molecule has 0 fully saturated rings. The van der Waals surface area contributed by atoms with Crippen LogP contribution in [0.3, 0.4) is 0 Å². The molecule has 0 aromatic heterocycles. The molecule has 0 aliphatic carbocycles. The highest BCUT2D eigenvalue weighted by Gasteiger charge is 2.38. The Morgan fingerprint density at radius 3 is 2.32 bits per heavy atom. The third-order valence-electron chi connectivity index (χ3n) is 4.48. The lowest BCUT2D eigenvalue weighted by atomic mass is 10.0. The van der Waals surface area contributed by atoms with Gasteiger partial charge in [0.05, 0.1) is 28.8 Å². The number of halogens is 3. The second-order valence-corrected chi connectivity index (χ2v) is 6.72. The lowest BCUT2D eigenvalue weighted by Crippen LogP contribution is -2.58. The number of alkyl halides is 3. The minimum Gasteiger partial charge on any atom is -0.491 e. The molecule has 0 aliphatic heterocycles. The lowest BCUT2D eigenvalue weighted by molar-refractivity contribution is -0.137. The molecule has 7 nitrogen and oxygen atoms in total. The fourth-order valence-electron chi connectivity index (χ4n) is 2.71. The molecular formula is C21H17F3N4O3. The van der Waals surface area contributed by atoms with Gasteiger partial charge in [0.1, 0.15) is 12.4 Å². The smallest absolute Gasteiger partial charge is 0.417 e. The number of anilines is 1. The van der Waals surface area contributed by atoms with Gasteiger partial charge in [-0.05, 0) is 49.4 Å². The maximum Gasteiger partial charge on any atom is 0.417 e. The quantitative estimate of drug-likeness (QED) is 0.680. The van der Waals surface area contributed by atoms with Gasteiger partial charge in [-0.2, -0.15) is 23.7 Å². The number of nitrogens with zero attached hydrogens (tertiary/aromatic N) is 3. The number of ether oxygens (including phenoxy) is 1. The van der Waals surface area contributed by atoms with Crippen molar-refractivity contribution in [1.82, 2.24) is 5.32 Å². The predicted octanol–water partition coefficient (Wildman–Crippen LogP) is 3.00. The van der Waals surface area contributed by atoms with E-state index in [4.69, 9.17) is 15.3 Å². The van der Waals surface area contributed by atoms with Crippen LogP contribution >= 0.6 is 0 Å². The zero-order chi connectivity index (χ0) is 23.2. The number of rotatable bonds is 7. The monoisotopic (exact) mass is 430 g/mol. The third kappa shape index (κ3) is 5.31. The number of nitriles is 2. The van der Waals surface area contributed by atoms with E-state index in [0.717, 1.165) is 11.0 Å². The molecule has 0 spiro atoms. The first kappa shape index (κ1) is 23.2. The van der Waals surface area contributed by atoms with E-state index in [9.17, 15) is 22.8 Å². The van der Waals surface area contributed by atoms with Crippen LogP contribution in [0.15, 0.2) is 42.5 Å². The van der Waals surface area contributed by atoms with E-state index >= 15 is 0 Å². The standard InChI is InChI=1S/C21H17F3N4O3/c1-20(27-13-29,12-31-17-7-3-14(10-25)4-8-17)19(30)28(2)16-6-5-15(11-26)18(9-16)21(22,23)24/h3-9,13H,12H2,1-2H3,(H,27,29). The molecule has 0 bridgehead atoms. The summed E-state index contributed by atoms with van der Waals surface area (Å²) in [6, 6.07) is 12.3. The number of likely N-dealkylation sites (N-methyl/N-ethyl adjacent to an activating group) is 1. The van der Waals surface area contributed by atoms with Crippen molar-refractivity contribution in [3.8, 4) is 17.9 Å². The third-order valence-corrected chi connectivity index (χ3v) is 4.48. The Labute approximate surface area is 176 Å². The van der Waals surface area contributed by atoms with Gasteiger partial charge in [0.2, 0.25) is 6.41 Å². The molecule has 1 unspecified atom stereocenters. The van der Waals surface area contributed by atoms with Crippen molar-refractivity contribution in [3.63, 3.8) is 0 Å². The van der Waals surface area contributed by atoms with Crippen molar-refractivity contribution in [3.05, 3.63) is 59.2 Å². The van der Waals surface area contributed by atoms with Gasteiger partial charge in [-0.3, -0.25) is 9.59 Å². The summed E-state index contributed by atoms with van der Waals surface area (Å²) in [7, 11) is 1.25. The highest BCUT2D eigenvalue weighted by Crippen LogP contribution is 2.34. The Morgan fingerprint density at radius 1 is 1.16 bits per heavy atom. The lowest BCUT2D eigenvalue weighted by Gasteiger charge is -2.32. The summed E-state index contributed by atoms with van der Waals surface area (Å²) in [6.45, 7) is 1.03. The van der Waals surface area contributed by atoms with Crippen LogP contribution in [0.25, 0.3) is 0 Å². The Hall–Kier alpha value is -4.05. The first-order valence-corrected chi connectivity index (χ1v) is 8.79. The van der Waals surface area contributed by atoms with E-state index in [-0.39, 0.29) is 18.7 Å². The summed E-state index contributed by atoms with van der Waals surface area (Å²) >= 11 is 0. The van der Waals surface area contributed by atoms with Crippen LogP contribution < -0.4 is 15.0 Å². The van der Waals surface area contributed by atoms with Gasteiger partial charge in [-0.1, -0.05) is 0 Å². The van der Waals surface area contributed by atoms with Crippen molar-refractivity contribution in [2.24, 2.45) is 0 Å². The second-order valence-electron chi connectivity index (χ2n) is 6.72. The van der Waals surface area contributed by atoms with E-state index in [1.165, 1.54) is 50.4 Å². The normalized spacial score (nSPS) is 12.6. The Balaban J connectivity index is 2.30. The molecule has 0 radical (unpaired) electrons. The SMILES string of the molecule is CN(C(=O)C(C)(COc1ccc(C#N)cc1)NC=O)c1ccc(C#N)c(C(F)(F)F)c1. The maximum atomic E-state index is 13.2. The van der Waals surface area contributed by atoms with Crippen LogP contribution in [-0.2, 0) is 15.8 Å². The molecule has 1 N–H and O–H groups in total. The summed E-state index contributed by atoms with van der Waals surface area (Å²) < 4.78 is 45.3. The second kappa shape index (κ2) is 9.18. The molecule has 0 saturated heterocycles. The van der Waals surface area contributed by atoms with Gasteiger partial charge in [0.15, 0.2) is 5.54 Å². The van der Waals surface area contributed by atoms with E-state index < -0.39 is 28.7 Å². The van der Waals surface area contributed by atoms with Gasteiger partial charge >= 0.3 is 6.18 Å². The average Bonchev–Trinajstić information content (AvgIpc) is 2.76. The van der Waals surface area contributed by atoms with Gasteiger partial charge < -0.3 is 15.0 Å². The van der Waals surface area contributed by atoms with Crippen molar-refractivity contribution in [1.29, 1.82) is 10.5 Å². The zero-order valence-corrected chi connectivity index (χ0v) is 16.5. The van der Waals surface area contributed by atoms with Crippen LogP contribution in [0.1, 0.15) is 23.6 Å². The fraction of sp³-hybridized carbons (Fsp3) is 0.238. The number of carbonyl (C=O) groups is 2. The molecule has 160 valence electrons. The van der Waals surface area contributed by atoms with Crippen molar-refractivity contribution in [2.75, 3.05) is 18.6 Å². The summed E-state index contributed by atoms with van der Waals surface area (Å²) in [5.41, 5.74) is -3.08. The molecular weight excluding hydrogens is 413 g/mol. The summed E-state index contributed by atoms with van der Waals surface area (Å²) in [5, 5.41) is 20.1. The summed E-state index contributed by atoms with van der Waals surface area (Å²) in [4.78, 5) is 25.1. The van der Waals surface area contributed by atoms with Crippen LogP contribution in [-0.4, -0.2) is 31.5 Å². The van der Waals surface area contributed by atoms with Gasteiger partial charge in [0.25, 0.3) is 5.91 Å². The molecule has 2 rings (SSSR count). The minimum atomic E-state index is -4.78. The van der Waals surface area contributed by atoms with Gasteiger partial charge in [-0.15, -0.1) is 0 Å². The van der Waals surface area contributed by atoms with Crippen molar-refractivity contribution >= 4 is 18.0 Å². The van der Waals surface area contributed by atoms with Crippen LogP contribution in [0.4, 0.5) is 18.9 Å². The molecule has 10 heteroatoms. The molecule has 2 aromatic rings. The van der Waals surface area contributed by atoms with E-state index in [1.807, 2.05) is 6.07 Å². The Morgan fingerprint density at radius 2 is 1.81 bits per heavy atom. The fourth-order valence-corrected chi connectivity index (χ4v) is 2.71. The Kier molecular flexibility index (Phi) is 6.88. The van der Waals surface area contributed by atoms with Gasteiger partial charge in [-0.25, -0.2) is 0 Å². The number of benzene rings is 2. The first-order chi connectivity index (χ1) is 14.6. The minimum absolute atomic E-state index is 0.117. The van der Waals surface area contributed by atoms with E-state index in [1.54, 1.807) is 0 Å². The molecule has 2 amide bonds. The van der Waals surface area contributed by atoms with Crippen LogP contribution in [0.5, 0.6) is 5.75 Å². The topological polar surface area (TPSA) is 106 Å². The number of hydrogen-bond donors (Lipinski definition) is 1.